The first kappa shape index (κ1) is 15.0. The van der Waals surface area contributed by atoms with Crippen molar-refractivity contribution in [3.05, 3.63) is 72.3 Å². The molecular formula is C19H18N2O2. The van der Waals surface area contributed by atoms with Gasteiger partial charge in [0, 0.05) is 43.4 Å². The van der Waals surface area contributed by atoms with E-state index in [1.165, 1.54) is 6.08 Å². The second-order valence-electron chi connectivity index (χ2n) is 5.35. The number of likely N-dealkylation sites (N-methyl/N-ethyl adjacent to an activating group) is 1. The van der Waals surface area contributed by atoms with Crippen LogP contribution in [0.15, 0.2) is 65.2 Å². The molecule has 0 aliphatic carbocycles. The number of rotatable bonds is 5. The van der Waals surface area contributed by atoms with Gasteiger partial charge in [0.05, 0.1) is 0 Å². The molecule has 0 N–H and O–H groups in total. The van der Waals surface area contributed by atoms with Crippen LogP contribution in [-0.4, -0.2) is 29.4 Å². The standard InChI is InChI=1S/C19H18N2O2/c1-21(13-11-16-7-4-5-12-20-16)19(22)10-9-17-14-15-6-2-3-8-18(15)23-17/h2-10,12,14H,11,13H2,1H3/b10-9+. The van der Waals surface area contributed by atoms with Crippen LogP contribution in [0.2, 0.25) is 0 Å². The number of hydrogen-bond donors (Lipinski definition) is 0. The molecule has 0 unspecified atom stereocenters. The highest BCUT2D eigenvalue weighted by atomic mass is 16.3. The minimum atomic E-state index is -0.0543. The van der Waals surface area contributed by atoms with Crippen molar-refractivity contribution in [2.75, 3.05) is 13.6 Å². The average Bonchev–Trinajstić information content (AvgIpc) is 3.01. The third-order valence-electron chi connectivity index (χ3n) is 3.64. The van der Waals surface area contributed by atoms with Gasteiger partial charge in [-0.25, -0.2) is 0 Å². The fourth-order valence-electron chi connectivity index (χ4n) is 2.30. The average molecular weight is 306 g/mol. The Labute approximate surface area is 135 Å². The summed E-state index contributed by atoms with van der Waals surface area (Å²) in [5.74, 6) is 0.624. The van der Waals surface area contributed by atoms with E-state index >= 15 is 0 Å². The molecule has 0 radical (unpaired) electrons. The fraction of sp³-hybridized carbons (Fsp3) is 0.158. The van der Waals surface area contributed by atoms with Gasteiger partial charge in [0.2, 0.25) is 5.91 Å². The summed E-state index contributed by atoms with van der Waals surface area (Å²) in [5.41, 5.74) is 1.80. The zero-order valence-electron chi connectivity index (χ0n) is 13.0. The Bertz CT molecular complexity index is 789. The number of pyridine rings is 1. The molecule has 4 heteroatoms. The number of benzene rings is 1. The monoisotopic (exact) mass is 306 g/mol. The number of aromatic nitrogens is 1. The smallest absolute Gasteiger partial charge is 0.246 e. The van der Waals surface area contributed by atoms with E-state index in [1.54, 1.807) is 24.2 Å². The van der Waals surface area contributed by atoms with E-state index in [1.807, 2.05) is 48.5 Å². The lowest BCUT2D eigenvalue weighted by Gasteiger charge is -2.14. The van der Waals surface area contributed by atoms with Gasteiger partial charge in [0.15, 0.2) is 0 Å². The van der Waals surface area contributed by atoms with Crippen LogP contribution in [0.25, 0.3) is 17.0 Å². The summed E-state index contributed by atoms with van der Waals surface area (Å²) < 4.78 is 5.66. The Morgan fingerprint density at radius 1 is 1.22 bits per heavy atom. The van der Waals surface area contributed by atoms with Crippen molar-refractivity contribution in [3.8, 4) is 0 Å². The molecule has 0 spiro atoms. The topological polar surface area (TPSA) is 46.3 Å². The lowest BCUT2D eigenvalue weighted by atomic mass is 10.2. The summed E-state index contributed by atoms with van der Waals surface area (Å²) in [6, 6.07) is 15.5. The van der Waals surface area contributed by atoms with E-state index < -0.39 is 0 Å². The first-order chi connectivity index (χ1) is 11.2. The number of para-hydroxylation sites is 1. The van der Waals surface area contributed by atoms with Gasteiger partial charge in [-0.15, -0.1) is 0 Å². The van der Waals surface area contributed by atoms with E-state index in [2.05, 4.69) is 4.98 Å². The van der Waals surface area contributed by atoms with Crippen molar-refractivity contribution in [2.45, 2.75) is 6.42 Å². The number of nitrogens with zero attached hydrogens (tertiary/aromatic N) is 2. The molecule has 0 aliphatic heterocycles. The molecule has 3 rings (SSSR count). The van der Waals surface area contributed by atoms with Crippen LogP contribution in [0, 0.1) is 0 Å². The Morgan fingerprint density at radius 3 is 2.83 bits per heavy atom. The van der Waals surface area contributed by atoms with E-state index in [0.717, 1.165) is 23.1 Å². The molecule has 3 aromatic rings. The highest BCUT2D eigenvalue weighted by Gasteiger charge is 2.06. The zero-order chi connectivity index (χ0) is 16.1. The van der Waals surface area contributed by atoms with Crippen molar-refractivity contribution < 1.29 is 9.21 Å². The van der Waals surface area contributed by atoms with Crippen LogP contribution in [0.1, 0.15) is 11.5 Å². The molecule has 4 nitrogen and oxygen atoms in total. The SMILES string of the molecule is CN(CCc1ccccn1)C(=O)/C=C/c1cc2ccccc2o1. The summed E-state index contributed by atoms with van der Waals surface area (Å²) in [6.07, 6.45) is 5.75. The van der Waals surface area contributed by atoms with Gasteiger partial charge in [-0.1, -0.05) is 24.3 Å². The van der Waals surface area contributed by atoms with E-state index in [4.69, 9.17) is 4.42 Å². The van der Waals surface area contributed by atoms with E-state index in [9.17, 15) is 4.79 Å². The molecular weight excluding hydrogens is 288 g/mol. The Hall–Kier alpha value is -2.88. The molecule has 0 saturated heterocycles. The Morgan fingerprint density at radius 2 is 2.04 bits per heavy atom. The molecule has 0 aliphatic rings. The minimum absolute atomic E-state index is 0.0543. The maximum atomic E-state index is 12.1. The molecule has 0 bridgehead atoms. The molecule has 1 amide bonds. The quantitative estimate of drug-likeness (QED) is 0.677. The van der Waals surface area contributed by atoms with Crippen LogP contribution in [0.5, 0.6) is 0 Å². The third-order valence-corrected chi connectivity index (χ3v) is 3.64. The Kier molecular flexibility index (Phi) is 4.52. The zero-order valence-corrected chi connectivity index (χ0v) is 13.0. The summed E-state index contributed by atoms with van der Waals surface area (Å²) in [4.78, 5) is 18.1. The summed E-state index contributed by atoms with van der Waals surface area (Å²) >= 11 is 0. The van der Waals surface area contributed by atoms with Crippen LogP contribution in [0.3, 0.4) is 0 Å². The number of carbonyl (C=O) groups is 1. The van der Waals surface area contributed by atoms with Gasteiger partial charge < -0.3 is 9.32 Å². The Balaban J connectivity index is 1.59. The van der Waals surface area contributed by atoms with Crippen LogP contribution in [0.4, 0.5) is 0 Å². The van der Waals surface area contributed by atoms with Crippen molar-refractivity contribution in [1.82, 2.24) is 9.88 Å². The van der Waals surface area contributed by atoms with E-state index in [-0.39, 0.29) is 5.91 Å². The maximum Gasteiger partial charge on any atom is 0.246 e. The van der Waals surface area contributed by atoms with Gasteiger partial charge in [0.25, 0.3) is 0 Å². The number of amides is 1. The number of fused-ring (bicyclic) bond motifs is 1. The predicted octanol–water partition coefficient (Wildman–Crippen LogP) is 3.54. The lowest BCUT2D eigenvalue weighted by Crippen LogP contribution is -2.27. The number of hydrogen-bond acceptors (Lipinski definition) is 3. The second kappa shape index (κ2) is 6.92. The van der Waals surface area contributed by atoms with Gasteiger partial charge in [-0.3, -0.25) is 9.78 Å². The molecule has 0 fully saturated rings. The van der Waals surface area contributed by atoms with Crippen LogP contribution in [-0.2, 0) is 11.2 Å². The maximum absolute atomic E-state index is 12.1. The van der Waals surface area contributed by atoms with Gasteiger partial charge in [0.1, 0.15) is 11.3 Å². The summed E-state index contributed by atoms with van der Waals surface area (Å²) in [5, 5.41) is 1.03. The number of furan rings is 1. The minimum Gasteiger partial charge on any atom is -0.457 e. The van der Waals surface area contributed by atoms with Gasteiger partial charge >= 0.3 is 0 Å². The molecule has 0 atom stereocenters. The number of carbonyl (C=O) groups excluding carboxylic acids is 1. The van der Waals surface area contributed by atoms with Gasteiger partial charge in [-0.2, -0.15) is 0 Å². The molecule has 2 heterocycles. The second-order valence-corrected chi connectivity index (χ2v) is 5.35. The molecule has 23 heavy (non-hydrogen) atoms. The van der Waals surface area contributed by atoms with E-state index in [0.29, 0.717) is 12.3 Å². The first-order valence-corrected chi connectivity index (χ1v) is 7.54. The van der Waals surface area contributed by atoms with Gasteiger partial charge in [-0.05, 0) is 30.3 Å². The summed E-state index contributed by atoms with van der Waals surface area (Å²) in [7, 11) is 1.79. The van der Waals surface area contributed by atoms with Crippen molar-refractivity contribution >= 4 is 23.0 Å². The normalized spacial score (nSPS) is 11.2. The van der Waals surface area contributed by atoms with Crippen LogP contribution < -0.4 is 0 Å². The third kappa shape index (κ3) is 3.86. The lowest BCUT2D eigenvalue weighted by molar-refractivity contribution is -0.124. The molecule has 116 valence electrons. The van der Waals surface area contributed by atoms with Crippen molar-refractivity contribution in [3.63, 3.8) is 0 Å². The highest BCUT2D eigenvalue weighted by molar-refractivity contribution is 5.92. The molecule has 1 aromatic carbocycles. The summed E-state index contributed by atoms with van der Waals surface area (Å²) in [6.45, 7) is 0.625. The molecule has 0 saturated carbocycles. The molecule has 2 aromatic heterocycles. The van der Waals surface area contributed by atoms with Crippen LogP contribution >= 0.6 is 0 Å². The highest BCUT2D eigenvalue weighted by Crippen LogP contribution is 2.19. The predicted molar refractivity (Wildman–Crippen MR) is 90.8 cm³/mol. The first-order valence-electron chi connectivity index (χ1n) is 7.54. The van der Waals surface area contributed by atoms with Crippen molar-refractivity contribution in [1.29, 1.82) is 0 Å². The fourth-order valence-corrected chi connectivity index (χ4v) is 2.30. The largest absolute Gasteiger partial charge is 0.457 e. The van der Waals surface area contributed by atoms with Crippen molar-refractivity contribution in [2.24, 2.45) is 0 Å².